The molecule has 36 heavy (non-hydrogen) atoms. The molecule has 0 saturated carbocycles. The first-order valence-corrected chi connectivity index (χ1v) is 12.5. The lowest BCUT2D eigenvalue weighted by Gasteiger charge is -2.20. The zero-order valence-electron chi connectivity index (χ0n) is 21.1. The van der Waals surface area contributed by atoms with Gasteiger partial charge in [0.05, 0.1) is 29.1 Å². The van der Waals surface area contributed by atoms with Gasteiger partial charge in [-0.1, -0.05) is 62.4 Å². The third kappa shape index (κ3) is 5.66. The molecule has 3 aromatic carbocycles. The van der Waals surface area contributed by atoms with Crippen molar-refractivity contribution in [3.8, 4) is 0 Å². The Bertz CT molecular complexity index is 1250. The quantitative estimate of drug-likeness (QED) is 0.272. The van der Waals surface area contributed by atoms with Crippen LogP contribution in [0.5, 0.6) is 0 Å². The molecule has 1 aliphatic rings. The second-order valence-electron chi connectivity index (χ2n) is 8.74. The molecular formula is C30H33N3O3. The summed E-state index contributed by atoms with van der Waals surface area (Å²) < 4.78 is 5.11. The van der Waals surface area contributed by atoms with E-state index in [1.165, 1.54) is 5.56 Å². The van der Waals surface area contributed by atoms with Gasteiger partial charge >= 0.3 is 5.97 Å². The summed E-state index contributed by atoms with van der Waals surface area (Å²) in [5, 5.41) is 6.42. The van der Waals surface area contributed by atoms with Crippen LogP contribution in [0.25, 0.3) is 11.3 Å². The third-order valence-electron chi connectivity index (χ3n) is 6.20. The minimum absolute atomic E-state index is 0.216. The fourth-order valence-corrected chi connectivity index (χ4v) is 4.41. The molecular weight excluding hydrogens is 450 g/mol. The molecule has 0 aromatic heterocycles. The smallest absolute Gasteiger partial charge is 0.338 e. The Kier molecular flexibility index (Phi) is 8.18. The summed E-state index contributed by atoms with van der Waals surface area (Å²) in [7, 11) is 0. The number of hydrogen-bond acceptors (Lipinski definition) is 5. The lowest BCUT2D eigenvalue weighted by molar-refractivity contribution is -0.110. The monoisotopic (exact) mass is 483 g/mol. The molecule has 0 fully saturated rings. The SMILES string of the molecule is CCCN(CC)Cc1ccc(NC(=C2C(=O)Nc3cc(C(=O)OCC)ccc32)c2ccccc2)cc1. The number of anilines is 2. The molecule has 0 spiro atoms. The van der Waals surface area contributed by atoms with Crippen molar-refractivity contribution in [1.82, 2.24) is 4.90 Å². The number of ether oxygens (including phenoxy) is 1. The van der Waals surface area contributed by atoms with Gasteiger partial charge in [-0.15, -0.1) is 0 Å². The van der Waals surface area contributed by atoms with Crippen molar-refractivity contribution in [1.29, 1.82) is 0 Å². The Morgan fingerprint density at radius 3 is 2.36 bits per heavy atom. The highest BCUT2D eigenvalue weighted by molar-refractivity contribution is 6.37. The predicted molar refractivity (Wildman–Crippen MR) is 146 cm³/mol. The molecule has 1 aliphatic heterocycles. The van der Waals surface area contributed by atoms with Crippen LogP contribution in [-0.4, -0.2) is 36.5 Å². The molecule has 186 valence electrons. The van der Waals surface area contributed by atoms with Crippen molar-refractivity contribution < 1.29 is 14.3 Å². The molecule has 0 atom stereocenters. The fourth-order valence-electron chi connectivity index (χ4n) is 4.41. The average Bonchev–Trinajstić information content (AvgIpc) is 3.23. The molecule has 6 heteroatoms. The Hall–Kier alpha value is -3.90. The van der Waals surface area contributed by atoms with Crippen LogP contribution in [0, 0.1) is 0 Å². The van der Waals surface area contributed by atoms with E-state index in [9.17, 15) is 9.59 Å². The Balaban J connectivity index is 1.69. The van der Waals surface area contributed by atoms with Gasteiger partial charge in [0.25, 0.3) is 5.91 Å². The van der Waals surface area contributed by atoms with Crippen molar-refractivity contribution in [3.05, 3.63) is 95.1 Å². The van der Waals surface area contributed by atoms with Crippen LogP contribution in [0.1, 0.15) is 54.2 Å². The molecule has 2 N–H and O–H groups in total. The van der Waals surface area contributed by atoms with E-state index in [0.717, 1.165) is 42.9 Å². The number of carbonyl (C=O) groups is 2. The van der Waals surface area contributed by atoms with E-state index in [1.54, 1.807) is 25.1 Å². The summed E-state index contributed by atoms with van der Waals surface area (Å²) in [6.07, 6.45) is 1.13. The number of esters is 1. The Labute approximate surface area is 213 Å². The molecule has 0 aliphatic carbocycles. The van der Waals surface area contributed by atoms with Gasteiger partial charge < -0.3 is 15.4 Å². The summed E-state index contributed by atoms with van der Waals surface area (Å²) in [6.45, 7) is 9.45. The van der Waals surface area contributed by atoms with Gasteiger partial charge in [-0.2, -0.15) is 0 Å². The summed E-state index contributed by atoms with van der Waals surface area (Å²) in [5.41, 5.74) is 6.05. The van der Waals surface area contributed by atoms with Gasteiger partial charge in [0, 0.05) is 17.8 Å². The predicted octanol–water partition coefficient (Wildman–Crippen LogP) is 6.03. The number of amides is 1. The molecule has 0 bridgehead atoms. The number of hydrogen-bond donors (Lipinski definition) is 2. The summed E-state index contributed by atoms with van der Waals surface area (Å²) >= 11 is 0. The van der Waals surface area contributed by atoms with Crippen LogP contribution in [0.3, 0.4) is 0 Å². The average molecular weight is 484 g/mol. The van der Waals surface area contributed by atoms with Gasteiger partial charge in [0.15, 0.2) is 0 Å². The summed E-state index contributed by atoms with van der Waals surface area (Å²) in [5.74, 6) is -0.624. The van der Waals surface area contributed by atoms with Gasteiger partial charge in [-0.3, -0.25) is 9.69 Å². The Morgan fingerprint density at radius 1 is 0.944 bits per heavy atom. The Morgan fingerprint density at radius 2 is 1.69 bits per heavy atom. The van der Waals surface area contributed by atoms with Crippen LogP contribution in [-0.2, 0) is 16.1 Å². The van der Waals surface area contributed by atoms with Crippen molar-refractivity contribution in [3.63, 3.8) is 0 Å². The van der Waals surface area contributed by atoms with Crippen molar-refractivity contribution in [2.24, 2.45) is 0 Å². The number of nitrogens with zero attached hydrogens (tertiary/aromatic N) is 1. The normalized spacial score (nSPS) is 13.8. The number of nitrogens with one attached hydrogen (secondary N) is 2. The second-order valence-corrected chi connectivity index (χ2v) is 8.74. The van der Waals surface area contributed by atoms with Crippen LogP contribution >= 0.6 is 0 Å². The van der Waals surface area contributed by atoms with Crippen molar-refractivity contribution in [2.45, 2.75) is 33.7 Å². The van der Waals surface area contributed by atoms with Crippen LogP contribution in [0.2, 0.25) is 0 Å². The first kappa shape index (κ1) is 25.2. The van der Waals surface area contributed by atoms with Gasteiger partial charge in [0.1, 0.15) is 0 Å². The molecule has 3 aromatic rings. The molecule has 0 unspecified atom stereocenters. The summed E-state index contributed by atoms with van der Waals surface area (Å²) in [6, 6.07) is 23.3. The molecule has 0 saturated heterocycles. The largest absolute Gasteiger partial charge is 0.462 e. The summed E-state index contributed by atoms with van der Waals surface area (Å²) in [4.78, 5) is 27.8. The van der Waals surface area contributed by atoms with Gasteiger partial charge in [-0.05, 0) is 61.8 Å². The second kappa shape index (κ2) is 11.7. The number of rotatable bonds is 10. The van der Waals surface area contributed by atoms with Gasteiger partial charge in [0.2, 0.25) is 0 Å². The van der Waals surface area contributed by atoms with E-state index in [0.29, 0.717) is 29.1 Å². The van der Waals surface area contributed by atoms with Gasteiger partial charge in [-0.25, -0.2) is 4.79 Å². The van der Waals surface area contributed by atoms with E-state index < -0.39 is 5.97 Å². The molecule has 6 nitrogen and oxygen atoms in total. The topological polar surface area (TPSA) is 70.7 Å². The molecule has 1 heterocycles. The lowest BCUT2D eigenvalue weighted by Crippen LogP contribution is -2.23. The number of carbonyl (C=O) groups excluding carboxylic acids is 2. The fraction of sp³-hybridized carbons (Fsp3) is 0.267. The van der Waals surface area contributed by atoms with Crippen LogP contribution in [0.15, 0.2) is 72.8 Å². The van der Waals surface area contributed by atoms with E-state index >= 15 is 0 Å². The highest BCUT2D eigenvalue weighted by Gasteiger charge is 2.29. The maximum atomic E-state index is 13.2. The standard InChI is InChI=1S/C30H33N3O3/c1-4-18-33(5-2)20-21-12-15-24(16-13-21)31-28(22-10-8-7-9-11-22)27-25-17-14-23(30(35)36-6-3)19-26(25)32-29(27)34/h7-17,19,31H,4-6,18,20H2,1-3H3,(H,32,34). The van der Waals surface area contributed by atoms with Crippen LogP contribution in [0.4, 0.5) is 11.4 Å². The van der Waals surface area contributed by atoms with E-state index in [4.69, 9.17) is 4.74 Å². The highest BCUT2D eigenvalue weighted by atomic mass is 16.5. The zero-order chi connectivity index (χ0) is 25.5. The minimum Gasteiger partial charge on any atom is -0.462 e. The first-order chi connectivity index (χ1) is 17.5. The van der Waals surface area contributed by atoms with Crippen molar-refractivity contribution in [2.75, 3.05) is 30.3 Å². The van der Waals surface area contributed by atoms with E-state index in [2.05, 4.69) is 53.6 Å². The molecule has 4 rings (SSSR count). The minimum atomic E-state index is -0.408. The lowest BCUT2D eigenvalue weighted by atomic mass is 9.99. The third-order valence-corrected chi connectivity index (χ3v) is 6.20. The van der Waals surface area contributed by atoms with E-state index in [-0.39, 0.29) is 5.91 Å². The molecule has 1 amide bonds. The van der Waals surface area contributed by atoms with E-state index in [1.807, 2.05) is 30.3 Å². The zero-order valence-corrected chi connectivity index (χ0v) is 21.1. The first-order valence-electron chi connectivity index (χ1n) is 12.5. The number of fused-ring (bicyclic) bond motifs is 1. The maximum absolute atomic E-state index is 13.2. The molecule has 0 radical (unpaired) electrons. The van der Waals surface area contributed by atoms with Crippen molar-refractivity contribution >= 4 is 34.5 Å². The maximum Gasteiger partial charge on any atom is 0.338 e. The van der Waals surface area contributed by atoms with Crippen LogP contribution < -0.4 is 10.6 Å². The number of benzene rings is 3. The highest BCUT2D eigenvalue weighted by Crippen LogP contribution is 2.38.